The number of fused-ring (bicyclic) bond motifs is 3. The minimum atomic E-state index is -2.38. The van der Waals surface area contributed by atoms with Gasteiger partial charge >= 0.3 is 0 Å². The summed E-state index contributed by atoms with van der Waals surface area (Å²) >= 11 is 0. The Morgan fingerprint density at radius 3 is 2.33 bits per heavy atom. The monoisotopic (exact) mass is 275 g/mol. The third kappa shape index (κ3) is 2.32. The van der Waals surface area contributed by atoms with Crippen molar-refractivity contribution in [3.8, 4) is 0 Å². The molecule has 0 aliphatic heterocycles. The number of aliphatic hydroxyl groups is 1. The fourth-order valence-corrected chi connectivity index (χ4v) is 4.73. The van der Waals surface area contributed by atoms with Gasteiger partial charge in [-0.1, -0.05) is 0 Å². The molecule has 106 valence electrons. The molecule has 4 nitrogen and oxygen atoms in total. The maximum Gasteiger partial charge on any atom is 0.143 e. The predicted octanol–water partition coefficient (Wildman–Crippen LogP) is 0.856. The Balaban J connectivity index is 2.29. The first kappa shape index (κ1) is 14.3. The Morgan fingerprint density at radius 1 is 1.22 bits per heavy atom. The highest BCUT2D eigenvalue weighted by atomic mass is 32.2. The maximum atomic E-state index is 11.4. The molecule has 3 aliphatic carbocycles. The van der Waals surface area contributed by atoms with Crippen LogP contribution in [0.15, 0.2) is 0 Å². The lowest BCUT2D eigenvalue weighted by atomic mass is 9.65. The molecular formula is C13H25NO3S. The highest BCUT2D eigenvalue weighted by Gasteiger charge is 2.51. The van der Waals surface area contributed by atoms with Gasteiger partial charge in [0, 0.05) is 11.6 Å². The lowest BCUT2D eigenvalue weighted by molar-refractivity contribution is -0.0943. The molecule has 0 radical (unpaired) electrons. The third-order valence-corrected chi connectivity index (χ3v) is 6.09. The molecule has 3 fully saturated rings. The average molecular weight is 275 g/mol. The molecule has 0 spiro atoms. The second-order valence-electron chi connectivity index (χ2n) is 6.85. The second-order valence-corrected chi connectivity index (χ2v) is 8.09. The summed E-state index contributed by atoms with van der Waals surface area (Å²) in [5.41, 5.74) is -0.0534. The van der Waals surface area contributed by atoms with Crippen molar-refractivity contribution in [2.24, 2.45) is 11.8 Å². The highest BCUT2D eigenvalue weighted by molar-refractivity contribution is 7.73. The van der Waals surface area contributed by atoms with Crippen LogP contribution in [0.1, 0.15) is 40.0 Å². The molecule has 1 N–H and O–H groups in total. The lowest BCUT2D eigenvalue weighted by Gasteiger charge is -2.54. The van der Waals surface area contributed by atoms with Crippen LogP contribution in [0, 0.1) is 11.8 Å². The molecule has 0 saturated heterocycles. The topological polar surface area (TPSA) is 57.6 Å². The summed E-state index contributed by atoms with van der Waals surface area (Å²) in [6.07, 6.45) is 2.18. The minimum absolute atomic E-state index is 0.0181. The highest BCUT2D eigenvalue weighted by Crippen LogP contribution is 2.45. The van der Waals surface area contributed by atoms with Gasteiger partial charge in [-0.3, -0.25) is 4.90 Å². The van der Waals surface area contributed by atoms with E-state index in [9.17, 15) is 13.5 Å². The van der Waals surface area contributed by atoms with Crippen LogP contribution in [-0.4, -0.2) is 48.4 Å². The minimum Gasteiger partial charge on any atom is -0.391 e. The fraction of sp³-hybridized carbons (Fsp3) is 1.00. The molecule has 0 heterocycles. The standard InChI is InChI=1S/C13H25NO3S/c1-13(2,3)14(4)11-9-6-5-8(12(11)15)7-10(9)18(16)17/h8-12,15,18H,5-7H2,1-4H3. The fourth-order valence-electron chi connectivity index (χ4n) is 3.65. The number of hydrogen-bond donors (Lipinski definition) is 2. The van der Waals surface area contributed by atoms with Crippen LogP contribution in [-0.2, 0) is 10.7 Å². The van der Waals surface area contributed by atoms with Crippen LogP contribution in [0.4, 0.5) is 0 Å². The molecule has 5 heteroatoms. The predicted molar refractivity (Wildman–Crippen MR) is 72.2 cm³/mol. The molecule has 3 saturated carbocycles. The quantitative estimate of drug-likeness (QED) is 0.734. The first-order valence-corrected chi connectivity index (χ1v) is 8.02. The van der Waals surface area contributed by atoms with E-state index in [2.05, 4.69) is 25.7 Å². The molecular weight excluding hydrogens is 250 g/mol. The van der Waals surface area contributed by atoms with Crippen molar-refractivity contribution in [1.82, 2.24) is 4.90 Å². The first-order chi connectivity index (χ1) is 8.23. The molecule has 3 rings (SSSR count). The number of thiol groups is 1. The normalized spacial score (nSPS) is 40.7. The molecule has 0 aromatic heterocycles. The van der Waals surface area contributed by atoms with Crippen molar-refractivity contribution in [2.75, 3.05) is 7.05 Å². The van der Waals surface area contributed by atoms with Crippen LogP contribution in [0.25, 0.3) is 0 Å². The van der Waals surface area contributed by atoms with Crippen LogP contribution in [0.3, 0.4) is 0 Å². The van der Waals surface area contributed by atoms with E-state index in [1.54, 1.807) is 0 Å². The van der Waals surface area contributed by atoms with Crippen molar-refractivity contribution in [3.63, 3.8) is 0 Å². The van der Waals surface area contributed by atoms with Crippen LogP contribution < -0.4 is 0 Å². The van der Waals surface area contributed by atoms with E-state index in [1.807, 2.05) is 7.05 Å². The second kappa shape index (κ2) is 4.76. The van der Waals surface area contributed by atoms with Crippen LogP contribution in [0.2, 0.25) is 0 Å². The van der Waals surface area contributed by atoms with E-state index >= 15 is 0 Å². The van der Waals surface area contributed by atoms with Gasteiger partial charge in [0.1, 0.15) is 10.7 Å². The van der Waals surface area contributed by atoms with E-state index in [-0.39, 0.29) is 34.8 Å². The van der Waals surface area contributed by atoms with Gasteiger partial charge in [0.25, 0.3) is 0 Å². The maximum absolute atomic E-state index is 11.4. The van der Waals surface area contributed by atoms with Gasteiger partial charge in [0.05, 0.1) is 11.4 Å². The SMILES string of the molecule is CN(C1C(O)C2CCC1C([SH](=O)=O)C2)C(C)(C)C. The summed E-state index contributed by atoms with van der Waals surface area (Å²) in [6.45, 7) is 6.32. The summed E-state index contributed by atoms with van der Waals surface area (Å²) < 4.78 is 22.8. The number of nitrogens with zero attached hydrogens (tertiary/aromatic N) is 1. The van der Waals surface area contributed by atoms with Crippen LogP contribution >= 0.6 is 0 Å². The van der Waals surface area contributed by atoms with Gasteiger partial charge in [-0.15, -0.1) is 0 Å². The first-order valence-electron chi connectivity index (χ1n) is 6.78. The lowest BCUT2D eigenvalue weighted by Crippen LogP contribution is -2.63. The number of rotatable bonds is 2. The smallest absolute Gasteiger partial charge is 0.143 e. The zero-order valence-corrected chi connectivity index (χ0v) is 12.6. The molecule has 0 aromatic rings. The Hall–Kier alpha value is -0.130. The van der Waals surface area contributed by atoms with Crippen molar-refractivity contribution < 1.29 is 13.5 Å². The summed E-state index contributed by atoms with van der Waals surface area (Å²) in [6, 6.07) is -0.0181. The summed E-state index contributed by atoms with van der Waals surface area (Å²) in [7, 11) is -0.374. The number of aliphatic hydroxyl groups excluding tert-OH is 1. The molecule has 2 bridgehead atoms. The van der Waals surface area contributed by atoms with E-state index in [0.29, 0.717) is 6.42 Å². The van der Waals surface area contributed by atoms with Gasteiger partial charge in [-0.25, -0.2) is 8.42 Å². The van der Waals surface area contributed by atoms with Crippen LogP contribution in [0.5, 0.6) is 0 Å². The molecule has 0 aromatic carbocycles. The number of likely N-dealkylation sites (N-methyl/N-ethyl adjacent to an activating group) is 1. The van der Waals surface area contributed by atoms with Crippen molar-refractivity contribution >= 4 is 10.7 Å². The summed E-state index contributed by atoms with van der Waals surface area (Å²) in [4.78, 5) is 2.17. The van der Waals surface area contributed by atoms with Crippen molar-refractivity contribution in [3.05, 3.63) is 0 Å². The average Bonchev–Trinajstić information content (AvgIpc) is 2.27. The van der Waals surface area contributed by atoms with E-state index in [1.165, 1.54) is 0 Å². The van der Waals surface area contributed by atoms with Gasteiger partial charge in [-0.05, 0) is 58.9 Å². The van der Waals surface area contributed by atoms with Crippen molar-refractivity contribution in [2.45, 2.75) is 63.0 Å². The number of hydrogen-bond acceptors (Lipinski definition) is 4. The van der Waals surface area contributed by atoms with Crippen molar-refractivity contribution in [1.29, 1.82) is 0 Å². The summed E-state index contributed by atoms with van der Waals surface area (Å²) in [5, 5.41) is 10.2. The van der Waals surface area contributed by atoms with E-state index in [0.717, 1.165) is 12.8 Å². The van der Waals surface area contributed by atoms with E-state index in [4.69, 9.17) is 0 Å². The van der Waals surface area contributed by atoms with Gasteiger partial charge < -0.3 is 5.11 Å². The molecule has 5 unspecified atom stereocenters. The molecule has 0 amide bonds. The van der Waals surface area contributed by atoms with E-state index < -0.39 is 10.7 Å². The Kier molecular flexibility index (Phi) is 3.78. The molecule has 5 atom stereocenters. The molecule has 3 aliphatic rings. The Bertz CT molecular complexity index is 380. The van der Waals surface area contributed by atoms with Gasteiger partial charge in [0.15, 0.2) is 0 Å². The largest absolute Gasteiger partial charge is 0.391 e. The zero-order valence-electron chi connectivity index (χ0n) is 11.7. The molecule has 18 heavy (non-hydrogen) atoms. The Labute approximate surface area is 111 Å². The summed E-state index contributed by atoms with van der Waals surface area (Å²) in [5.74, 6) is 0.248. The van der Waals surface area contributed by atoms with Gasteiger partial charge in [-0.2, -0.15) is 0 Å². The zero-order chi connectivity index (χ0) is 13.7. The Morgan fingerprint density at radius 2 is 1.83 bits per heavy atom. The third-order valence-electron chi connectivity index (χ3n) is 4.96. The van der Waals surface area contributed by atoms with Gasteiger partial charge in [0.2, 0.25) is 0 Å².